The predicted octanol–water partition coefficient (Wildman–Crippen LogP) is 4.09. The molecule has 0 atom stereocenters. The quantitative estimate of drug-likeness (QED) is 0.734. The number of rotatable bonds is 7. The number of amides is 1. The van der Waals surface area contributed by atoms with Gasteiger partial charge in [-0.25, -0.2) is 9.78 Å². The number of thiazole rings is 1. The van der Waals surface area contributed by atoms with Gasteiger partial charge < -0.3 is 10.1 Å². The molecule has 1 amide bonds. The van der Waals surface area contributed by atoms with Crippen molar-refractivity contribution in [2.75, 3.05) is 13.2 Å². The molecule has 134 valence electrons. The van der Waals surface area contributed by atoms with Gasteiger partial charge in [0.1, 0.15) is 9.88 Å². The lowest BCUT2D eigenvalue weighted by molar-refractivity contribution is -0.124. The fourth-order valence-corrected chi connectivity index (χ4v) is 3.23. The summed E-state index contributed by atoms with van der Waals surface area (Å²) in [7, 11) is 0. The van der Waals surface area contributed by atoms with E-state index in [9.17, 15) is 9.59 Å². The first-order chi connectivity index (χ1) is 11.9. The van der Waals surface area contributed by atoms with Crippen LogP contribution in [0.15, 0.2) is 24.3 Å². The number of carbonyl (C=O) groups is 2. The number of nitrogens with zero attached hydrogens (tertiary/aromatic N) is 1. The second kappa shape index (κ2) is 8.97. The van der Waals surface area contributed by atoms with Crippen molar-refractivity contribution in [1.82, 2.24) is 10.3 Å². The van der Waals surface area contributed by atoms with Gasteiger partial charge in [-0.2, -0.15) is 0 Å². The van der Waals surface area contributed by atoms with Crippen molar-refractivity contribution in [1.29, 1.82) is 0 Å². The van der Waals surface area contributed by atoms with Crippen molar-refractivity contribution in [3.63, 3.8) is 0 Å². The van der Waals surface area contributed by atoms with Crippen LogP contribution in [0, 0.1) is 12.8 Å². The third kappa shape index (κ3) is 5.83. The van der Waals surface area contributed by atoms with Crippen LogP contribution in [-0.2, 0) is 9.53 Å². The van der Waals surface area contributed by atoms with E-state index in [2.05, 4.69) is 24.1 Å². The van der Waals surface area contributed by atoms with E-state index < -0.39 is 5.97 Å². The van der Waals surface area contributed by atoms with E-state index in [-0.39, 0.29) is 12.5 Å². The van der Waals surface area contributed by atoms with E-state index in [0.717, 1.165) is 12.0 Å². The first-order valence-corrected chi connectivity index (χ1v) is 9.23. The van der Waals surface area contributed by atoms with E-state index in [1.54, 1.807) is 19.1 Å². The standard InChI is InChI=1S/C18H21ClN2O3S/c1-11(2)7-8-20-15(22)10-24-18(23)16-12(3)21-17(25-16)13-5-4-6-14(19)9-13/h4-6,9,11H,7-8,10H2,1-3H3,(H,20,22). The summed E-state index contributed by atoms with van der Waals surface area (Å²) in [4.78, 5) is 28.7. The Morgan fingerprint density at radius 2 is 2.12 bits per heavy atom. The van der Waals surface area contributed by atoms with Crippen LogP contribution in [0.5, 0.6) is 0 Å². The Morgan fingerprint density at radius 1 is 1.36 bits per heavy atom. The number of hydrogen-bond acceptors (Lipinski definition) is 5. The fraction of sp³-hybridized carbons (Fsp3) is 0.389. The van der Waals surface area contributed by atoms with Gasteiger partial charge in [0.05, 0.1) is 5.69 Å². The lowest BCUT2D eigenvalue weighted by Gasteiger charge is -2.07. The second-order valence-electron chi connectivity index (χ2n) is 6.05. The Bertz CT molecular complexity index is 759. The highest BCUT2D eigenvalue weighted by molar-refractivity contribution is 7.17. The molecular weight excluding hydrogens is 360 g/mol. The van der Waals surface area contributed by atoms with E-state index in [4.69, 9.17) is 16.3 Å². The molecule has 0 unspecified atom stereocenters. The van der Waals surface area contributed by atoms with Gasteiger partial charge in [-0.15, -0.1) is 11.3 Å². The van der Waals surface area contributed by atoms with Crippen LogP contribution in [0.3, 0.4) is 0 Å². The molecule has 0 fully saturated rings. The van der Waals surface area contributed by atoms with Crippen molar-refractivity contribution in [3.8, 4) is 10.6 Å². The first kappa shape index (κ1) is 19.4. The molecule has 1 N–H and O–H groups in total. The summed E-state index contributed by atoms with van der Waals surface area (Å²) in [6, 6.07) is 7.27. The zero-order valence-electron chi connectivity index (χ0n) is 14.5. The Labute approximate surface area is 156 Å². The summed E-state index contributed by atoms with van der Waals surface area (Å²) in [5.41, 5.74) is 1.41. The number of benzene rings is 1. The highest BCUT2D eigenvalue weighted by Crippen LogP contribution is 2.29. The number of ether oxygens (including phenoxy) is 1. The molecule has 0 aliphatic heterocycles. The minimum atomic E-state index is -0.540. The maximum atomic E-state index is 12.2. The normalized spacial score (nSPS) is 10.8. The largest absolute Gasteiger partial charge is 0.451 e. The van der Waals surface area contributed by atoms with E-state index in [1.165, 1.54) is 11.3 Å². The highest BCUT2D eigenvalue weighted by Gasteiger charge is 2.18. The highest BCUT2D eigenvalue weighted by atomic mass is 35.5. The monoisotopic (exact) mass is 380 g/mol. The molecule has 0 radical (unpaired) electrons. The summed E-state index contributed by atoms with van der Waals surface area (Å²) in [5.74, 6) is -0.332. The second-order valence-corrected chi connectivity index (χ2v) is 7.49. The molecule has 0 aliphatic carbocycles. The van der Waals surface area contributed by atoms with Gasteiger partial charge in [-0.3, -0.25) is 4.79 Å². The number of carbonyl (C=O) groups excluding carboxylic acids is 2. The van der Waals surface area contributed by atoms with Crippen molar-refractivity contribution in [2.24, 2.45) is 5.92 Å². The maximum absolute atomic E-state index is 12.2. The van der Waals surface area contributed by atoms with Gasteiger partial charge in [0.15, 0.2) is 6.61 Å². The number of halogens is 1. The maximum Gasteiger partial charge on any atom is 0.350 e. The Kier molecular flexibility index (Phi) is 6.96. The third-order valence-corrected chi connectivity index (χ3v) is 4.85. The third-order valence-electron chi connectivity index (χ3n) is 3.43. The molecule has 0 spiro atoms. The van der Waals surface area contributed by atoms with E-state index >= 15 is 0 Å². The Hall–Kier alpha value is -1.92. The first-order valence-electron chi connectivity index (χ1n) is 8.04. The van der Waals surface area contributed by atoms with Gasteiger partial charge >= 0.3 is 5.97 Å². The predicted molar refractivity (Wildman–Crippen MR) is 100 cm³/mol. The zero-order chi connectivity index (χ0) is 18.4. The molecule has 0 aliphatic rings. The van der Waals surface area contributed by atoms with Crippen LogP contribution < -0.4 is 5.32 Å². The van der Waals surface area contributed by atoms with Crippen LogP contribution >= 0.6 is 22.9 Å². The fourth-order valence-electron chi connectivity index (χ4n) is 2.08. The average Bonchev–Trinajstić information content (AvgIpc) is 2.94. The average molecular weight is 381 g/mol. The molecule has 0 saturated heterocycles. The van der Waals surface area contributed by atoms with Crippen LogP contribution in [0.4, 0.5) is 0 Å². The smallest absolute Gasteiger partial charge is 0.350 e. The minimum Gasteiger partial charge on any atom is -0.451 e. The number of esters is 1. The SMILES string of the molecule is Cc1nc(-c2cccc(Cl)c2)sc1C(=O)OCC(=O)NCCC(C)C. The molecule has 1 aromatic heterocycles. The van der Waals surface area contributed by atoms with Crippen molar-refractivity contribution < 1.29 is 14.3 Å². The number of aromatic nitrogens is 1. The van der Waals surface area contributed by atoms with Crippen LogP contribution in [-0.4, -0.2) is 30.0 Å². The molecule has 5 nitrogen and oxygen atoms in total. The van der Waals surface area contributed by atoms with Crippen molar-refractivity contribution >= 4 is 34.8 Å². The lowest BCUT2D eigenvalue weighted by Crippen LogP contribution is -2.30. The lowest BCUT2D eigenvalue weighted by atomic mass is 10.1. The number of nitrogens with one attached hydrogen (secondary N) is 1. The topological polar surface area (TPSA) is 68.3 Å². The summed E-state index contributed by atoms with van der Waals surface area (Å²) in [6.07, 6.45) is 0.886. The van der Waals surface area contributed by atoms with Gasteiger partial charge in [-0.1, -0.05) is 37.6 Å². The summed E-state index contributed by atoms with van der Waals surface area (Å²) >= 11 is 7.22. The molecule has 1 aromatic carbocycles. The molecule has 2 rings (SSSR count). The molecule has 25 heavy (non-hydrogen) atoms. The Balaban J connectivity index is 1.95. The van der Waals surface area contributed by atoms with Gasteiger partial charge in [0.2, 0.25) is 0 Å². The molecular formula is C18H21ClN2O3S. The van der Waals surface area contributed by atoms with Crippen molar-refractivity contribution in [2.45, 2.75) is 27.2 Å². The summed E-state index contributed by atoms with van der Waals surface area (Å²) in [5, 5.41) is 4.02. The molecule has 1 heterocycles. The molecule has 7 heteroatoms. The van der Waals surface area contributed by atoms with Gasteiger partial charge in [0, 0.05) is 17.1 Å². The van der Waals surface area contributed by atoms with E-state index in [0.29, 0.717) is 33.1 Å². The number of hydrogen-bond donors (Lipinski definition) is 1. The Morgan fingerprint density at radius 3 is 2.80 bits per heavy atom. The minimum absolute atomic E-state index is 0.291. The van der Waals surface area contributed by atoms with Gasteiger partial charge in [0.25, 0.3) is 5.91 Å². The molecule has 2 aromatic rings. The van der Waals surface area contributed by atoms with Crippen LogP contribution in [0.25, 0.3) is 10.6 Å². The zero-order valence-corrected chi connectivity index (χ0v) is 16.0. The van der Waals surface area contributed by atoms with Gasteiger partial charge in [-0.05, 0) is 31.4 Å². The van der Waals surface area contributed by atoms with Crippen molar-refractivity contribution in [3.05, 3.63) is 39.9 Å². The van der Waals surface area contributed by atoms with Crippen LogP contribution in [0.2, 0.25) is 5.02 Å². The number of aryl methyl sites for hydroxylation is 1. The van der Waals surface area contributed by atoms with E-state index in [1.807, 2.05) is 12.1 Å². The van der Waals surface area contributed by atoms with Crippen LogP contribution in [0.1, 0.15) is 35.6 Å². The summed E-state index contributed by atoms with van der Waals surface area (Å²) in [6.45, 7) is 6.18. The molecule has 0 bridgehead atoms. The summed E-state index contributed by atoms with van der Waals surface area (Å²) < 4.78 is 5.09. The molecule has 0 saturated carbocycles.